The Hall–Kier alpha value is -2.24. The van der Waals surface area contributed by atoms with Gasteiger partial charge in [-0.2, -0.15) is 0 Å². The van der Waals surface area contributed by atoms with Crippen LogP contribution in [0.2, 0.25) is 0 Å². The van der Waals surface area contributed by atoms with E-state index in [4.69, 9.17) is 4.74 Å². The van der Waals surface area contributed by atoms with E-state index >= 15 is 0 Å². The van der Waals surface area contributed by atoms with Crippen LogP contribution in [-0.4, -0.2) is 48.7 Å². The van der Waals surface area contributed by atoms with Crippen molar-refractivity contribution in [1.29, 1.82) is 0 Å². The van der Waals surface area contributed by atoms with Crippen LogP contribution in [0.1, 0.15) is 38.8 Å². The summed E-state index contributed by atoms with van der Waals surface area (Å²) in [5, 5.41) is 6.08. The topological polar surface area (TPSA) is 66.0 Å². The standard InChI is InChI=1S/C19H30N4O2/c1-5-20-17(21-11-12-22-18(24)25-19(2,3)4)23-13-10-15-8-6-7-9-16(15)14-23/h6-9H,5,10-14H2,1-4H3,(H,20,21)(H,22,24). The highest BCUT2D eigenvalue weighted by molar-refractivity contribution is 5.80. The second kappa shape index (κ2) is 8.74. The molecule has 0 atom stereocenters. The minimum Gasteiger partial charge on any atom is -0.444 e. The lowest BCUT2D eigenvalue weighted by atomic mass is 10.0. The molecule has 1 amide bonds. The highest BCUT2D eigenvalue weighted by Crippen LogP contribution is 2.18. The lowest BCUT2D eigenvalue weighted by molar-refractivity contribution is 0.0529. The molecule has 6 nitrogen and oxygen atoms in total. The first-order valence-electron chi connectivity index (χ1n) is 8.96. The lowest BCUT2D eigenvalue weighted by Gasteiger charge is -2.31. The van der Waals surface area contributed by atoms with Gasteiger partial charge < -0.3 is 20.3 Å². The Morgan fingerprint density at radius 2 is 1.96 bits per heavy atom. The first-order chi connectivity index (χ1) is 11.9. The van der Waals surface area contributed by atoms with Crippen LogP contribution in [0.5, 0.6) is 0 Å². The van der Waals surface area contributed by atoms with Crippen LogP contribution in [0, 0.1) is 0 Å². The van der Waals surface area contributed by atoms with Crippen molar-refractivity contribution in [1.82, 2.24) is 15.5 Å². The zero-order valence-corrected chi connectivity index (χ0v) is 15.8. The highest BCUT2D eigenvalue weighted by Gasteiger charge is 2.19. The zero-order valence-electron chi connectivity index (χ0n) is 15.8. The third kappa shape index (κ3) is 6.29. The molecule has 0 aromatic heterocycles. The van der Waals surface area contributed by atoms with Crippen molar-refractivity contribution < 1.29 is 9.53 Å². The fourth-order valence-corrected chi connectivity index (χ4v) is 2.74. The van der Waals surface area contributed by atoms with Crippen LogP contribution in [0.15, 0.2) is 29.3 Å². The quantitative estimate of drug-likeness (QED) is 0.499. The van der Waals surface area contributed by atoms with Crippen molar-refractivity contribution in [2.45, 2.75) is 46.3 Å². The van der Waals surface area contributed by atoms with Gasteiger partial charge in [0.05, 0.1) is 6.54 Å². The number of aliphatic imine (C=N–C) groups is 1. The van der Waals surface area contributed by atoms with E-state index in [1.165, 1.54) is 11.1 Å². The number of amides is 1. The van der Waals surface area contributed by atoms with E-state index in [2.05, 4.69) is 51.7 Å². The Balaban J connectivity index is 1.88. The molecule has 0 fully saturated rings. The summed E-state index contributed by atoms with van der Waals surface area (Å²) in [5.41, 5.74) is 2.29. The number of nitrogens with zero attached hydrogens (tertiary/aromatic N) is 2. The maximum Gasteiger partial charge on any atom is 0.407 e. The van der Waals surface area contributed by atoms with Gasteiger partial charge in [-0.25, -0.2) is 4.79 Å². The predicted octanol–water partition coefficient (Wildman–Crippen LogP) is 2.53. The van der Waals surface area contributed by atoms with E-state index in [1.807, 2.05) is 20.8 Å². The molecule has 2 rings (SSSR count). The first-order valence-corrected chi connectivity index (χ1v) is 8.96. The van der Waals surface area contributed by atoms with E-state index in [9.17, 15) is 4.79 Å². The van der Waals surface area contributed by atoms with Gasteiger partial charge >= 0.3 is 6.09 Å². The summed E-state index contributed by atoms with van der Waals surface area (Å²) in [4.78, 5) is 18.6. The van der Waals surface area contributed by atoms with Crippen molar-refractivity contribution in [3.05, 3.63) is 35.4 Å². The molecule has 1 aliphatic heterocycles. The smallest absolute Gasteiger partial charge is 0.407 e. The van der Waals surface area contributed by atoms with Crippen LogP contribution in [0.3, 0.4) is 0 Å². The van der Waals surface area contributed by atoms with Gasteiger partial charge in [0.25, 0.3) is 0 Å². The Bertz CT molecular complexity index is 608. The van der Waals surface area contributed by atoms with Crippen LogP contribution >= 0.6 is 0 Å². The summed E-state index contributed by atoms with van der Waals surface area (Å²) in [5.74, 6) is 0.892. The van der Waals surface area contributed by atoms with Crippen molar-refractivity contribution in [2.75, 3.05) is 26.2 Å². The molecule has 2 N–H and O–H groups in total. The summed E-state index contributed by atoms with van der Waals surface area (Å²) in [6, 6.07) is 8.55. The minimum atomic E-state index is -0.483. The van der Waals surface area contributed by atoms with Crippen LogP contribution in [0.25, 0.3) is 0 Å². The number of carbonyl (C=O) groups excluding carboxylic acids is 1. The zero-order chi connectivity index (χ0) is 18.3. The largest absolute Gasteiger partial charge is 0.444 e. The van der Waals surface area contributed by atoms with E-state index in [1.54, 1.807) is 0 Å². The van der Waals surface area contributed by atoms with E-state index < -0.39 is 11.7 Å². The van der Waals surface area contributed by atoms with E-state index in [-0.39, 0.29) is 0 Å². The minimum absolute atomic E-state index is 0.403. The van der Waals surface area contributed by atoms with Gasteiger partial charge in [0.15, 0.2) is 5.96 Å². The van der Waals surface area contributed by atoms with Gasteiger partial charge in [-0.05, 0) is 45.2 Å². The molecule has 1 heterocycles. The number of ether oxygens (including phenoxy) is 1. The molecule has 1 aliphatic rings. The van der Waals surface area contributed by atoms with E-state index in [0.717, 1.165) is 32.0 Å². The maximum atomic E-state index is 11.7. The van der Waals surface area contributed by atoms with Crippen molar-refractivity contribution in [3.63, 3.8) is 0 Å². The number of guanidine groups is 1. The molecule has 138 valence electrons. The second-order valence-electron chi connectivity index (χ2n) is 7.10. The number of hydrogen-bond acceptors (Lipinski definition) is 3. The molecule has 0 bridgehead atoms. The molecule has 0 saturated heterocycles. The summed E-state index contributed by atoms with van der Waals surface area (Å²) < 4.78 is 5.22. The molecule has 25 heavy (non-hydrogen) atoms. The third-order valence-corrected chi connectivity index (χ3v) is 3.81. The van der Waals surface area contributed by atoms with Gasteiger partial charge in [0, 0.05) is 26.2 Å². The number of fused-ring (bicyclic) bond motifs is 1. The number of carbonyl (C=O) groups is 1. The number of rotatable bonds is 4. The summed E-state index contributed by atoms with van der Waals surface area (Å²) in [7, 11) is 0. The Labute approximate surface area is 150 Å². The van der Waals surface area contributed by atoms with Gasteiger partial charge in [0.2, 0.25) is 0 Å². The van der Waals surface area contributed by atoms with Crippen molar-refractivity contribution in [2.24, 2.45) is 4.99 Å². The fourth-order valence-electron chi connectivity index (χ4n) is 2.74. The SMILES string of the molecule is CCNC(=NCCNC(=O)OC(C)(C)C)N1CCc2ccccc2C1. The van der Waals surface area contributed by atoms with Gasteiger partial charge in [-0.15, -0.1) is 0 Å². The average Bonchev–Trinajstić information content (AvgIpc) is 2.55. The summed E-state index contributed by atoms with van der Waals surface area (Å²) in [6.45, 7) is 11.2. The molecular weight excluding hydrogens is 316 g/mol. The molecular formula is C19H30N4O2. The van der Waals surface area contributed by atoms with E-state index in [0.29, 0.717) is 13.1 Å². The van der Waals surface area contributed by atoms with Gasteiger partial charge in [0.1, 0.15) is 5.60 Å². The Morgan fingerprint density at radius 1 is 1.24 bits per heavy atom. The van der Waals surface area contributed by atoms with Crippen LogP contribution < -0.4 is 10.6 Å². The second-order valence-corrected chi connectivity index (χ2v) is 7.10. The molecule has 0 aliphatic carbocycles. The monoisotopic (exact) mass is 346 g/mol. The van der Waals surface area contributed by atoms with Gasteiger partial charge in [-0.3, -0.25) is 4.99 Å². The number of hydrogen-bond donors (Lipinski definition) is 2. The summed E-state index contributed by atoms with van der Waals surface area (Å²) >= 11 is 0. The van der Waals surface area contributed by atoms with Crippen LogP contribution in [0.4, 0.5) is 4.79 Å². The maximum absolute atomic E-state index is 11.7. The summed E-state index contributed by atoms with van der Waals surface area (Å²) in [6.07, 6.45) is 0.621. The normalized spacial score (nSPS) is 14.7. The highest BCUT2D eigenvalue weighted by atomic mass is 16.6. The lowest BCUT2D eigenvalue weighted by Crippen LogP contribution is -2.44. The molecule has 0 saturated carbocycles. The Kier molecular flexibility index (Phi) is 6.67. The molecule has 0 spiro atoms. The van der Waals surface area contributed by atoms with Gasteiger partial charge in [-0.1, -0.05) is 24.3 Å². The molecule has 0 unspecified atom stereocenters. The van der Waals surface area contributed by atoms with Crippen LogP contribution in [-0.2, 0) is 17.7 Å². The number of alkyl carbamates (subject to hydrolysis) is 1. The van der Waals surface area contributed by atoms with Crippen molar-refractivity contribution >= 4 is 12.1 Å². The fraction of sp³-hybridized carbons (Fsp3) is 0.579. The molecule has 6 heteroatoms. The first kappa shape index (κ1) is 19.1. The van der Waals surface area contributed by atoms with Crippen molar-refractivity contribution in [3.8, 4) is 0 Å². The molecule has 1 aromatic rings. The number of nitrogens with one attached hydrogen (secondary N) is 2. The number of benzene rings is 1. The molecule has 1 aromatic carbocycles. The predicted molar refractivity (Wildman–Crippen MR) is 101 cm³/mol. The molecule has 0 radical (unpaired) electrons. The average molecular weight is 346 g/mol. The third-order valence-electron chi connectivity index (χ3n) is 3.81. The Morgan fingerprint density at radius 3 is 2.64 bits per heavy atom.